The molecule has 4 rings (SSSR count). The van der Waals surface area contributed by atoms with Gasteiger partial charge in [-0.3, -0.25) is 0 Å². The van der Waals surface area contributed by atoms with E-state index in [-0.39, 0.29) is 22.9 Å². The third kappa shape index (κ3) is 5.26. The van der Waals surface area contributed by atoms with Crippen molar-refractivity contribution in [1.29, 1.82) is 0 Å². The van der Waals surface area contributed by atoms with Gasteiger partial charge in [0, 0.05) is 13.1 Å². The smallest absolute Gasteiger partial charge is 0.335 e. The van der Waals surface area contributed by atoms with Crippen molar-refractivity contribution >= 4 is 16.0 Å². The van der Waals surface area contributed by atoms with Crippen molar-refractivity contribution in [1.82, 2.24) is 4.31 Å². The zero-order valence-electron chi connectivity index (χ0n) is 18.5. The summed E-state index contributed by atoms with van der Waals surface area (Å²) in [6.45, 7) is 0.652. The summed E-state index contributed by atoms with van der Waals surface area (Å²) in [6.07, 6.45) is 2.57. The minimum Gasteiger partial charge on any atom is -0.497 e. The Morgan fingerprint density at radius 1 is 1.03 bits per heavy atom. The fraction of sp³-hybridized carbons (Fsp3) is 0.269. The van der Waals surface area contributed by atoms with Gasteiger partial charge < -0.3 is 9.84 Å². The Morgan fingerprint density at radius 2 is 1.76 bits per heavy atom. The largest absolute Gasteiger partial charge is 0.497 e. The number of carbonyl (C=O) groups is 1. The molecule has 0 aromatic heterocycles. The van der Waals surface area contributed by atoms with Gasteiger partial charge in [0.1, 0.15) is 5.75 Å². The molecule has 3 aromatic carbocycles. The molecule has 0 bridgehead atoms. The lowest BCUT2D eigenvalue weighted by molar-refractivity contribution is 0.0696. The first-order chi connectivity index (χ1) is 15.9. The van der Waals surface area contributed by atoms with Gasteiger partial charge in [0.05, 0.1) is 17.6 Å². The van der Waals surface area contributed by atoms with E-state index in [1.54, 1.807) is 7.11 Å². The highest BCUT2D eigenvalue weighted by Crippen LogP contribution is 2.31. The number of hydrogen-bond donors (Lipinski definition) is 1. The molecule has 172 valence electrons. The second-order valence-corrected chi connectivity index (χ2v) is 10.3. The Bertz CT molecular complexity index is 1220. The Kier molecular flexibility index (Phi) is 6.81. The standard InChI is InChI=1S/C26H27NO5S/c1-32-24-12-9-22-15-20(7-8-23(22)16-24)18-27(17-19-5-3-2-4-6-19)33(30,31)25-13-10-21(11-14-25)26(28)29/h2-6,9-14,16,20H,7-8,15,17-18H2,1H3,(H,28,29). The van der Waals surface area contributed by atoms with Crippen LogP contribution in [0, 0.1) is 5.92 Å². The highest BCUT2D eigenvalue weighted by Gasteiger charge is 2.29. The first kappa shape index (κ1) is 23.0. The van der Waals surface area contributed by atoms with E-state index < -0.39 is 16.0 Å². The van der Waals surface area contributed by atoms with Gasteiger partial charge >= 0.3 is 5.97 Å². The van der Waals surface area contributed by atoms with Crippen LogP contribution in [0.2, 0.25) is 0 Å². The van der Waals surface area contributed by atoms with Gasteiger partial charge in [-0.2, -0.15) is 4.31 Å². The molecule has 0 saturated carbocycles. The maximum atomic E-state index is 13.6. The second kappa shape index (κ2) is 9.77. The van der Waals surface area contributed by atoms with Crippen LogP contribution in [0.1, 0.15) is 33.5 Å². The molecule has 6 nitrogen and oxygen atoms in total. The predicted octanol–water partition coefficient (Wildman–Crippen LogP) is 4.39. The van der Waals surface area contributed by atoms with Crippen LogP contribution in [0.5, 0.6) is 5.75 Å². The van der Waals surface area contributed by atoms with E-state index in [1.807, 2.05) is 36.4 Å². The van der Waals surface area contributed by atoms with Crippen LogP contribution in [0.25, 0.3) is 0 Å². The van der Waals surface area contributed by atoms with Gasteiger partial charge in [-0.05, 0) is 78.3 Å². The van der Waals surface area contributed by atoms with Crippen molar-refractivity contribution < 1.29 is 23.1 Å². The number of fused-ring (bicyclic) bond motifs is 1. The number of aryl methyl sites for hydroxylation is 1. The van der Waals surface area contributed by atoms with Crippen molar-refractivity contribution in [2.45, 2.75) is 30.7 Å². The van der Waals surface area contributed by atoms with Crippen LogP contribution < -0.4 is 4.74 Å². The average Bonchev–Trinajstić information content (AvgIpc) is 2.84. The van der Waals surface area contributed by atoms with Gasteiger partial charge in [0.15, 0.2) is 0 Å². The molecule has 0 heterocycles. The molecule has 3 aromatic rings. The molecule has 1 aliphatic carbocycles. The maximum absolute atomic E-state index is 13.6. The molecule has 7 heteroatoms. The first-order valence-electron chi connectivity index (χ1n) is 10.9. The summed E-state index contributed by atoms with van der Waals surface area (Å²) in [4.78, 5) is 11.3. The van der Waals surface area contributed by atoms with E-state index in [0.29, 0.717) is 6.54 Å². The van der Waals surface area contributed by atoms with Crippen LogP contribution in [-0.4, -0.2) is 37.5 Å². The zero-order valence-corrected chi connectivity index (χ0v) is 19.3. The van der Waals surface area contributed by atoms with Gasteiger partial charge in [-0.1, -0.05) is 36.4 Å². The van der Waals surface area contributed by atoms with Crippen LogP contribution in [0.15, 0.2) is 77.7 Å². The monoisotopic (exact) mass is 465 g/mol. The van der Waals surface area contributed by atoms with Crippen molar-refractivity contribution in [3.63, 3.8) is 0 Å². The number of carboxylic acids is 1. The number of aromatic carboxylic acids is 1. The highest BCUT2D eigenvalue weighted by molar-refractivity contribution is 7.89. The third-order valence-corrected chi connectivity index (χ3v) is 7.97. The Morgan fingerprint density at radius 3 is 2.42 bits per heavy atom. The van der Waals surface area contributed by atoms with Crippen molar-refractivity contribution in [2.24, 2.45) is 5.92 Å². The van der Waals surface area contributed by atoms with E-state index in [2.05, 4.69) is 12.1 Å². The summed E-state index contributed by atoms with van der Waals surface area (Å²) in [7, 11) is -2.15. The Labute approximate surface area is 194 Å². The van der Waals surface area contributed by atoms with E-state index in [0.717, 1.165) is 30.6 Å². The fourth-order valence-corrected chi connectivity index (χ4v) is 5.84. The molecule has 0 aliphatic heterocycles. The van der Waals surface area contributed by atoms with Crippen molar-refractivity contribution in [3.05, 3.63) is 95.1 Å². The molecule has 33 heavy (non-hydrogen) atoms. The lowest BCUT2D eigenvalue weighted by atomic mass is 9.84. The molecule has 0 spiro atoms. The topological polar surface area (TPSA) is 83.9 Å². The minimum absolute atomic E-state index is 0.0582. The van der Waals surface area contributed by atoms with E-state index in [1.165, 1.54) is 39.7 Å². The summed E-state index contributed by atoms with van der Waals surface area (Å²) >= 11 is 0. The van der Waals surface area contributed by atoms with E-state index >= 15 is 0 Å². The summed E-state index contributed by atoms with van der Waals surface area (Å²) in [6, 6.07) is 21.0. The van der Waals surface area contributed by atoms with Crippen molar-refractivity contribution in [2.75, 3.05) is 13.7 Å². The fourth-order valence-electron chi connectivity index (χ4n) is 4.33. The molecule has 0 radical (unpaired) electrons. The Hall–Kier alpha value is -3.16. The molecular weight excluding hydrogens is 438 g/mol. The number of carboxylic acid groups (broad SMARTS) is 1. The third-order valence-electron chi connectivity index (χ3n) is 6.15. The molecule has 0 saturated heterocycles. The lowest BCUT2D eigenvalue weighted by Gasteiger charge is -2.30. The molecule has 1 N–H and O–H groups in total. The van der Waals surface area contributed by atoms with Crippen LogP contribution in [0.3, 0.4) is 0 Å². The first-order valence-corrected chi connectivity index (χ1v) is 12.3. The van der Waals surface area contributed by atoms with Gasteiger partial charge in [0.25, 0.3) is 0 Å². The molecule has 1 unspecified atom stereocenters. The number of hydrogen-bond acceptors (Lipinski definition) is 4. The van der Waals surface area contributed by atoms with Gasteiger partial charge in [-0.15, -0.1) is 0 Å². The van der Waals surface area contributed by atoms with Crippen LogP contribution in [-0.2, 0) is 29.4 Å². The maximum Gasteiger partial charge on any atom is 0.335 e. The number of benzene rings is 3. The number of nitrogens with zero attached hydrogens (tertiary/aromatic N) is 1. The molecule has 1 atom stereocenters. The SMILES string of the molecule is COc1ccc2c(c1)CCC(CN(Cc1ccccc1)S(=O)(=O)c1ccc(C(=O)O)cc1)C2. The van der Waals surface area contributed by atoms with E-state index in [9.17, 15) is 13.2 Å². The summed E-state index contributed by atoms with van der Waals surface area (Å²) in [5.74, 6) is -0.0643. The molecule has 1 aliphatic rings. The Balaban J connectivity index is 1.60. The minimum atomic E-state index is -3.81. The zero-order chi connectivity index (χ0) is 23.4. The summed E-state index contributed by atoms with van der Waals surface area (Å²) < 4.78 is 34.0. The van der Waals surface area contributed by atoms with Crippen LogP contribution in [0.4, 0.5) is 0 Å². The predicted molar refractivity (Wildman–Crippen MR) is 126 cm³/mol. The molecule has 0 amide bonds. The van der Waals surface area contributed by atoms with Gasteiger partial charge in [0.2, 0.25) is 10.0 Å². The van der Waals surface area contributed by atoms with Crippen molar-refractivity contribution in [3.8, 4) is 5.75 Å². The number of rotatable bonds is 8. The normalized spacial score (nSPS) is 15.8. The van der Waals surface area contributed by atoms with Gasteiger partial charge in [-0.25, -0.2) is 13.2 Å². The number of ether oxygens (including phenoxy) is 1. The quantitative estimate of drug-likeness (QED) is 0.533. The average molecular weight is 466 g/mol. The number of methoxy groups -OCH3 is 1. The highest BCUT2D eigenvalue weighted by atomic mass is 32.2. The van der Waals surface area contributed by atoms with Crippen LogP contribution >= 0.6 is 0 Å². The summed E-state index contributed by atoms with van der Waals surface area (Å²) in [5, 5.41) is 9.14. The molecule has 0 fully saturated rings. The second-order valence-electron chi connectivity index (χ2n) is 8.36. The van der Waals surface area contributed by atoms with E-state index in [4.69, 9.17) is 9.84 Å². The molecular formula is C26H27NO5S. The number of sulfonamides is 1. The lowest BCUT2D eigenvalue weighted by Crippen LogP contribution is -2.36. The summed E-state index contributed by atoms with van der Waals surface area (Å²) in [5.41, 5.74) is 3.45.